The molecule has 4 rings (SSSR count). The molecular weight excluding hydrogens is 328 g/mol. The van der Waals surface area contributed by atoms with E-state index in [9.17, 15) is 4.79 Å². The third kappa shape index (κ3) is 2.20. The second-order valence-electron chi connectivity index (χ2n) is 5.77. The van der Waals surface area contributed by atoms with Gasteiger partial charge in [-0.15, -0.1) is 5.10 Å². The van der Waals surface area contributed by atoms with Gasteiger partial charge in [-0.2, -0.15) is 5.10 Å². The average Bonchev–Trinajstić information content (AvgIpc) is 3.07. The van der Waals surface area contributed by atoms with Crippen LogP contribution >= 0.6 is 11.6 Å². The molecule has 24 heavy (non-hydrogen) atoms. The summed E-state index contributed by atoms with van der Waals surface area (Å²) in [5.74, 6) is -0.231. The summed E-state index contributed by atoms with van der Waals surface area (Å²) in [7, 11) is 1.77. The summed E-state index contributed by atoms with van der Waals surface area (Å²) in [6.45, 7) is 2.78. The lowest BCUT2D eigenvalue weighted by Crippen LogP contribution is -2.31. The van der Waals surface area contributed by atoms with Gasteiger partial charge in [0.1, 0.15) is 0 Å². The molecule has 0 spiro atoms. The number of benzene rings is 1. The summed E-state index contributed by atoms with van der Waals surface area (Å²) in [6, 6.07) is 7.77. The van der Waals surface area contributed by atoms with Crippen molar-refractivity contribution in [1.29, 1.82) is 0 Å². The molecule has 1 aromatic carbocycles. The minimum atomic E-state index is -0.231. The van der Waals surface area contributed by atoms with Crippen LogP contribution in [-0.2, 0) is 20.1 Å². The Morgan fingerprint density at radius 1 is 1.25 bits per heavy atom. The van der Waals surface area contributed by atoms with Gasteiger partial charge in [0.2, 0.25) is 0 Å². The van der Waals surface area contributed by atoms with Crippen molar-refractivity contribution in [2.45, 2.75) is 20.0 Å². The van der Waals surface area contributed by atoms with E-state index in [0.717, 1.165) is 22.6 Å². The highest BCUT2D eigenvalue weighted by molar-refractivity contribution is 6.34. The van der Waals surface area contributed by atoms with Gasteiger partial charge in [0.15, 0.2) is 5.69 Å². The van der Waals surface area contributed by atoms with E-state index in [4.69, 9.17) is 11.6 Å². The molecule has 1 amide bonds. The lowest BCUT2D eigenvalue weighted by atomic mass is 10.1. The third-order valence-electron chi connectivity index (χ3n) is 4.33. The van der Waals surface area contributed by atoms with Crippen molar-refractivity contribution in [2.75, 3.05) is 4.90 Å². The molecule has 0 aliphatic carbocycles. The maximum absolute atomic E-state index is 13.1. The van der Waals surface area contributed by atoms with Crippen molar-refractivity contribution in [2.24, 2.45) is 7.05 Å². The largest absolute Gasteiger partial charge is 0.301 e. The first-order valence-corrected chi connectivity index (χ1v) is 7.90. The van der Waals surface area contributed by atoms with Crippen LogP contribution in [-0.4, -0.2) is 30.7 Å². The van der Waals surface area contributed by atoms with Gasteiger partial charge in [0.05, 0.1) is 35.7 Å². The van der Waals surface area contributed by atoms with Crippen molar-refractivity contribution in [3.05, 3.63) is 58.1 Å². The monoisotopic (exact) mass is 342 g/mol. The number of anilines is 1. The molecule has 8 heteroatoms. The Bertz CT molecular complexity index is 944. The number of fused-ring (bicyclic) bond motifs is 2. The fourth-order valence-corrected chi connectivity index (χ4v) is 3.12. The molecule has 7 nitrogen and oxygen atoms in total. The van der Waals surface area contributed by atoms with E-state index >= 15 is 0 Å². The summed E-state index contributed by atoms with van der Waals surface area (Å²) in [5, 5.41) is 12.7. The molecule has 0 radical (unpaired) electrons. The van der Waals surface area contributed by atoms with Gasteiger partial charge in [0.25, 0.3) is 5.91 Å². The second-order valence-corrected chi connectivity index (χ2v) is 6.15. The van der Waals surface area contributed by atoms with Crippen LogP contribution in [0, 0.1) is 6.92 Å². The van der Waals surface area contributed by atoms with Gasteiger partial charge >= 0.3 is 0 Å². The lowest BCUT2D eigenvalue weighted by Gasteiger charge is -2.21. The van der Waals surface area contributed by atoms with E-state index in [1.54, 1.807) is 27.5 Å². The summed E-state index contributed by atoms with van der Waals surface area (Å²) in [4.78, 5) is 14.8. The minimum absolute atomic E-state index is 0.231. The van der Waals surface area contributed by atoms with E-state index in [2.05, 4.69) is 15.4 Å². The Balaban J connectivity index is 1.84. The topological polar surface area (TPSA) is 68.8 Å². The second kappa shape index (κ2) is 5.45. The van der Waals surface area contributed by atoms with Crippen molar-refractivity contribution in [1.82, 2.24) is 24.8 Å². The van der Waals surface area contributed by atoms with Crippen LogP contribution in [0.1, 0.15) is 27.4 Å². The maximum Gasteiger partial charge on any atom is 0.280 e. The average molecular weight is 343 g/mol. The van der Waals surface area contributed by atoms with Gasteiger partial charge in [-0.3, -0.25) is 9.48 Å². The Morgan fingerprint density at radius 3 is 2.79 bits per heavy atom. The number of aryl methyl sites for hydroxylation is 1. The number of amides is 1. The molecule has 0 unspecified atom stereocenters. The Kier molecular flexibility index (Phi) is 3.38. The minimum Gasteiger partial charge on any atom is -0.301 e. The van der Waals surface area contributed by atoms with Crippen molar-refractivity contribution in [3.63, 3.8) is 0 Å². The Morgan fingerprint density at radius 2 is 2.04 bits per heavy atom. The first-order chi connectivity index (χ1) is 11.6. The number of hydrogen-bond donors (Lipinski definition) is 0. The maximum atomic E-state index is 13.1. The number of para-hydroxylation sites is 1. The molecule has 3 aromatic rings. The van der Waals surface area contributed by atoms with Gasteiger partial charge in [-0.1, -0.05) is 35.0 Å². The highest BCUT2D eigenvalue weighted by Gasteiger charge is 2.29. The molecule has 0 bridgehead atoms. The molecule has 1 aliphatic heterocycles. The van der Waals surface area contributed by atoms with Crippen LogP contribution in [0.3, 0.4) is 0 Å². The highest BCUT2D eigenvalue weighted by Crippen LogP contribution is 2.30. The van der Waals surface area contributed by atoms with E-state index in [0.29, 0.717) is 18.1 Å². The van der Waals surface area contributed by atoms with Crippen LogP contribution in [0.25, 0.3) is 0 Å². The zero-order valence-corrected chi connectivity index (χ0v) is 14.0. The van der Waals surface area contributed by atoms with Crippen LogP contribution in [0.15, 0.2) is 30.5 Å². The zero-order valence-electron chi connectivity index (χ0n) is 13.3. The highest BCUT2D eigenvalue weighted by atomic mass is 35.5. The van der Waals surface area contributed by atoms with E-state index in [1.807, 2.05) is 31.2 Å². The van der Waals surface area contributed by atoms with E-state index < -0.39 is 0 Å². The van der Waals surface area contributed by atoms with E-state index in [-0.39, 0.29) is 11.6 Å². The summed E-state index contributed by atoms with van der Waals surface area (Å²) < 4.78 is 3.42. The predicted octanol–water partition coefficient (Wildman–Crippen LogP) is 2.18. The molecule has 0 saturated heterocycles. The lowest BCUT2D eigenvalue weighted by molar-refractivity contribution is 0.0979. The fourth-order valence-electron chi connectivity index (χ4n) is 2.88. The van der Waals surface area contributed by atoms with Gasteiger partial charge in [-0.25, -0.2) is 4.68 Å². The van der Waals surface area contributed by atoms with Crippen molar-refractivity contribution < 1.29 is 4.79 Å². The molecular formula is C16H15ClN6O. The normalized spacial score (nSPS) is 13.4. The Hall–Kier alpha value is -2.67. The van der Waals surface area contributed by atoms with Crippen LogP contribution < -0.4 is 4.90 Å². The standard InChI is InChI=1S/C16H15ClN6O/c1-10-14(17)15(19-21(10)2)16(24)22-9-12-7-18-20-23(12)8-11-5-3-4-6-13(11)22/h3-7H,8-9H2,1-2H3. The van der Waals surface area contributed by atoms with Gasteiger partial charge < -0.3 is 4.90 Å². The number of halogens is 1. The molecule has 122 valence electrons. The number of carbonyl (C=O) groups excluding carboxylic acids is 1. The number of aromatic nitrogens is 5. The van der Waals surface area contributed by atoms with Gasteiger partial charge in [0, 0.05) is 12.7 Å². The first-order valence-electron chi connectivity index (χ1n) is 7.52. The Labute approximate surface area is 143 Å². The smallest absolute Gasteiger partial charge is 0.280 e. The molecule has 0 N–H and O–H groups in total. The molecule has 2 aromatic heterocycles. The first kappa shape index (κ1) is 14.9. The number of nitrogens with zero attached hydrogens (tertiary/aromatic N) is 6. The molecule has 0 saturated carbocycles. The fraction of sp³-hybridized carbons (Fsp3) is 0.250. The summed E-state index contributed by atoms with van der Waals surface area (Å²) >= 11 is 6.31. The number of carbonyl (C=O) groups is 1. The van der Waals surface area contributed by atoms with Crippen LogP contribution in [0.4, 0.5) is 5.69 Å². The van der Waals surface area contributed by atoms with Gasteiger partial charge in [-0.05, 0) is 18.6 Å². The van der Waals surface area contributed by atoms with Crippen LogP contribution in [0.2, 0.25) is 5.02 Å². The summed E-state index contributed by atoms with van der Waals surface area (Å²) in [5.41, 5.74) is 3.72. The number of rotatable bonds is 1. The third-order valence-corrected chi connectivity index (χ3v) is 4.78. The van der Waals surface area contributed by atoms with E-state index in [1.165, 1.54) is 0 Å². The quantitative estimate of drug-likeness (QED) is 0.679. The zero-order chi connectivity index (χ0) is 16.8. The molecule has 1 aliphatic rings. The molecule has 0 fully saturated rings. The molecule has 0 atom stereocenters. The summed E-state index contributed by atoms with van der Waals surface area (Å²) in [6.07, 6.45) is 1.68. The van der Waals surface area contributed by atoms with Crippen LogP contribution in [0.5, 0.6) is 0 Å². The van der Waals surface area contributed by atoms with Crippen molar-refractivity contribution in [3.8, 4) is 0 Å². The van der Waals surface area contributed by atoms with Crippen molar-refractivity contribution >= 4 is 23.2 Å². The predicted molar refractivity (Wildman–Crippen MR) is 89.0 cm³/mol. The number of hydrogen-bond acceptors (Lipinski definition) is 4. The molecule has 3 heterocycles. The SMILES string of the molecule is Cc1c(Cl)c(C(=O)N2Cc3cnnn3Cc3ccccc32)nn1C.